The Bertz CT molecular complexity index is 1460. The van der Waals surface area contributed by atoms with E-state index in [4.69, 9.17) is 4.52 Å². The average molecular weight is 539 g/mol. The second kappa shape index (κ2) is 10.8. The summed E-state index contributed by atoms with van der Waals surface area (Å²) in [5.74, 6) is -1.09. The van der Waals surface area contributed by atoms with Crippen LogP contribution in [0.5, 0.6) is 0 Å². The minimum atomic E-state index is -4.15. The Labute approximate surface area is 221 Å². The highest BCUT2D eigenvalue weighted by Gasteiger charge is 2.35. The van der Waals surface area contributed by atoms with Crippen LogP contribution in [0.4, 0.5) is 5.69 Å². The van der Waals surface area contributed by atoms with Gasteiger partial charge >= 0.3 is 0 Å². The molecule has 2 aromatic heterocycles. The lowest BCUT2D eigenvalue weighted by Gasteiger charge is -2.24. The summed E-state index contributed by atoms with van der Waals surface area (Å²) < 4.78 is 33.8. The molecule has 0 radical (unpaired) electrons. The van der Waals surface area contributed by atoms with Crippen molar-refractivity contribution in [3.63, 3.8) is 0 Å². The Kier molecular flexibility index (Phi) is 7.74. The van der Waals surface area contributed by atoms with Crippen molar-refractivity contribution in [2.45, 2.75) is 51.2 Å². The van der Waals surface area contributed by atoms with Gasteiger partial charge in [-0.3, -0.25) is 14.6 Å². The van der Waals surface area contributed by atoms with E-state index >= 15 is 0 Å². The number of anilines is 1. The largest absolute Gasteiger partial charge is 0.360 e. The minimum Gasteiger partial charge on any atom is -0.360 e. The summed E-state index contributed by atoms with van der Waals surface area (Å²) in [6, 6.07) is 11.4. The zero-order valence-corrected chi connectivity index (χ0v) is 22.6. The molecule has 2 N–H and O–H groups in total. The molecule has 1 aliphatic heterocycles. The molecule has 0 spiro atoms. The first-order valence-electron chi connectivity index (χ1n) is 12.1. The Morgan fingerprint density at radius 2 is 1.84 bits per heavy atom. The molecule has 0 aliphatic carbocycles. The maximum atomic E-state index is 13.5. The molecule has 11 nitrogen and oxygen atoms in total. The number of aryl methyl sites for hydroxylation is 2. The van der Waals surface area contributed by atoms with Gasteiger partial charge in [0.15, 0.2) is 5.76 Å². The molecule has 3 aromatic rings. The standard InChI is InChI=1S/C26H30N6O5S/c1-15(2)14-20(31-38(35,36)23-16(3)30-37-17(23)4)25(33)29-24-26(34)32(5)21-12-7-6-10-18(21)22(28-24)19-11-8-9-13-27-19/h6-13,15,20,24,31H,14H2,1-5H3,(H,29,33). The molecule has 200 valence electrons. The van der Waals surface area contributed by atoms with Crippen molar-refractivity contribution in [3.05, 3.63) is 71.4 Å². The number of carbonyl (C=O) groups excluding carboxylic acids is 2. The first kappa shape index (κ1) is 27.1. The Morgan fingerprint density at radius 3 is 2.47 bits per heavy atom. The van der Waals surface area contributed by atoms with Gasteiger partial charge in [-0.05, 0) is 44.4 Å². The van der Waals surface area contributed by atoms with Gasteiger partial charge < -0.3 is 14.7 Å². The molecule has 0 saturated heterocycles. The van der Waals surface area contributed by atoms with E-state index in [0.717, 1.165) is 0 Å². The van der Waals surface area contributed by atoms with Crippen molar-refractivity contribution >= 4 is 33.2 Å². The van der Waals surface area contributed by atoms with Crippen LogP contribution < -0.4 is 14.9 Å². The second-order valence-corrected chi connectivity index (χ2v) is 11.1. The van der Waals surface area contributed by atoms with Crippen LogP contribution in [0.3, 0.4) is 0 Å². The fourth-order valence-corrected chi connectivity index (χ4v) is 5.88. The van der Waals surface area contributed by atoms with Crippen molar-refractivity contribution in [1.82, 2.24) is 20.2 Å². The number of benzodiazepines with no additional fused rings is 1. The number of nitrogens with zero attached hydrogens (tertiary/aromatic N) is 4. The van der Waals surface area contributed by atoms with Crippen LogP contribution in [0.15, 0.2) is 63.1 Å². The highest BCUT2D eigenvalue weighted by molar-refractivity contribution is 7.89. The number of sulfonamides is 1. The third kappa shape index (κ3) is 5.50. The van der Waals surface area contributed by atoms with Gasteiger partial charge in [0.05, 0.1) is 17.1 Å². The number of para-hydroxylation sites is 1. The zero-order valence-electron chi connectivity index (χ0n) is 21.8. The van der Waals surface area contributed by atoms with Crippen LogP contribution in [-0.4, -0.2) is 55.3 Å². The number of carbonyl (C=O) groups is 2. The van der Waals surface area contributed by atoms with Gasteiger partial charge in [0.25, 0.3) is 5.91 Å². The fraction of sp³-hybridized carbons (Fsp3) is 0.346. The SMILES string of the molecule is Cc1noc(C)c1S(=O)(=O)NC(CC(C)C)C(=O)NC1N=C(c2ccccn2)c2ccccc2N(C)C1=O. The number of likely N-dealkylation sites (N-methyl/N-ethyl adjacent to an activating group) is 1. The number of fused-ring (bicyclic) bond motifs is 1. The van der Waals surface area contributed by atoms with Gasteiger partial charge in [-0.25, -0.2) is 13.4 Å². The van der Waals surface area contributed by atoms with Crippen molar-refractivity contribution in [2.75, 3.05) is 11.9 Å². The van der Waals surface area contributed by atoms with Crippen molar-refractivity contribution in [3.8, 4) is 0 Å². The summed E-state index contributed by atoms with van der Waals surface area (Å²) in [7, 11) is -2.55. The lowest BCUT2D eigenvalue weighted by Crippen LogP contribution is -2.53. The Balaban J connectivity index is 1.69. The molecule has 0 bridgehead atoms. The highest BCUT2D eigenvalue weighted by Crippen LogP contribution is 2.27. The van der Waals surface area contributed by atoms with Crippen LogP contribution in [-0.2, 0) is 19.6 Å². The van der Waals surface area contributed by atoms with Gasteiger partial charge in [-0.2, -0.15) is 4.72 Å². The number of amides is 2. The molecule has 12 heteroatoms. The van der Waals surface area contributed by atoms with Crippen LogP contribution in [0, 0.1) is 19.8 Å². The maximum Gasteiger partial charge on any atom is 0.272 e. The number of rotatable bonds is 8. The zero-order chi connectivity index (χ0) is 27.6. The van der Waals surface area contributed by atoms with Crippen LogP contribution in [0.2, 0.25) is 0 Å². The normalized spacial score (nSPS) is 16.6. The van der Waals surface area contributed by atoms with E-state index in [1.807, 2.05) is 26.0 Å². The Morgan fingerprint density at radius 1 is 1.13 bits per heavy atom. The van der Waals surface area contributed by atoms with E-state index in [2.05, 4.69) is 25.2 Å². The molecule has 2 amide bonds. The van der Waals surface area contributed by atoms with Gasteiger partial charge in [0.2, 0.25) is 22.1 Å². The molecular formula is C26H30N6O5S. The van der Waals surface area contributed by atoms with Crippen molar-refractivity contribution in [2.24, 2.45) is 10.9 Å². The number of benzene rings is 1. The third-order valence-corrected chi connectivity index (χ3v) is 7.80. The topological polar surface area (TPSA) is 147 Å². The molecule has 1 aromatic carbocycles. The van der Waals surface area contributed by atoms with Gasteiger partial charge in [0, 0.05) is 18.8 Å². The fourth-order valence-electron chi connectivity index (χ4n) is 4.34. The predicted octanol–water partition coefficient (Wildman–Crippen LogP) is 2.34. The second-order valence-electron chi connectivity index (χ2n) is 9.47. The quantitative estimate of drug-likeness (QED) is 0.447. The molecule has 3 heterocycles. The monoisotopic (exact) mass is 538 g/mol. The smallest absolute Gasteiger partial charge is 0.272 e. The lowest BCUT2D eigenvalue weighted by molar-refractivity contribution is -0.128. The third-order valence-electron chi connectivity index (χ3n) is 6.09. The van der Waals surface area contributed by atoms with Crippen molar-refractivity contribution < 1.29 is 22.5 Å². The maximum absolute atomic E-state index is 13.5. The summed E-state index contributed by atoms with van der Waals surface area (Å²) in [6.07, 6.45) is 0.490. The summed E-state index contributed by atoms with van der Waals surface area (Å²) in [6.45, 7) is 6.72. The average Bonchev–Trinajstić information content (AvgIpc) is 3.19. The summed E-state index contributed by atoms with van der Waals surface area (Å²) in [5.41, 5.74) is 2.43. The molecule has 0 saturated carbocycles. The van der Waals surface area contributed by atoms with E-state index in [1.165, 1.54) is 18.7 Å². The number of aromatic nitrogens is 2. The molecule has 4 rings (SSSR count). The van der Waals surface area contributed by atoms with Crippen LogP contribution >= 0.6 is 0 Å². The van der Waals surface area contributed by atoms with E-state index in [9.17, 15) is 18.0 Å². The number of nitrogens with one attached hydrogen (secondary N) is 2. The number of aliphatic imine (C=N–C) groups is 1. The first-order chi connectivity index (χ1) is 18.0. The first-order valence-corrected chi connectivity index (χ1v) is 13.6. The molecule has 2 unspecified atom stereocenters. The molecule has 1 aliphatic rings. The summed E-state index contributed by atoms with van der Waals surface area (Å²) in [5, 5.41) is 6.37. The molecule has 0 fully saturated rings. The van der Waals surface area contributed by atoms with Gasteiger partial charge in [0.1, 0.15) is 16.6 Å². The summed E-state index contributed by atoms with van der Waals surface area (Å²) >= 11 is 0. The number of hydrogen-bond acceptors (Lipinski definition) is 8. The Hall–Kier alpha value is -3.90. The summed E-state index contributed by atoms with van der Waals surface area (Å²) in [4.78, 5) is 37.3. The van der Waals surface area contributed by atoms with E-state index < -0.39 is 34.0 Å². The van der Waals surface area contributed by atoms with Crippen LogP contribution in [0.1, 0.15) is 43.0 Å². The van der Waals surface area contributed by atoms with Gasteiger partial charge in [-0.1, -0.05) is 43.3 Å². The molecule has 38 heavy (non-hydrogen) atoms. The molecule has 2 atom stereocenters. The van der Waals surface area contributed by atoms with Crippen LogP contribution in [0.25, 0.3) is 0 Å². The number of hydrogen-bond donors (Lipinski definition) is 2. The number of pyridine rings is 1. The van der Waals surface area contributed by atoms with E-state index in [1.54, 1.807) is 43.6 Å². The predicted molar refractivity (Wildman–Crippen MR) is 141 cm³/mol. The highest BCUT2D eigenvalue weighted by atomic mass is 32.2. The molecular weight excluding hydrogens is 508 g/mol. The minimum absolute atomic E-state index is 0.0394. The van der Waals surface area contributed by atoms with E-state index in [0.29, 0.717) is 22.7 Å². The van der Waals surface area contributed by atoms with Gasteiger partial charge in [-0.15, -0.1) is 0 Å². The van der Waals surface area contributed by atoms with Crippen molar-refractivity contribution in [1.29, 1.82) is 0 Å². The lowest BCUT2D eigenvalue weighted by atomic mass is 10.0. The van der Waals surface area contributed by atoms with E-state index in [-0.39, 0.29) is 28.7 Å².